The predicted octanol–water partition coefficient (Wildman–Crippen LogP) is 4.01. The number of nitrogens with two attached hydrogens (primary N) is 1. The summed E-state index contributed by atoms with van der Waals surface area (Å²) in [5.41, 5.74) is 6.69. The lowest BCUT2D eigenvalue weighted by molar-refractivity contribution is -0.143. The molecule has 0 bridgehead atoms. The van der Waals surface area contributed by atoms with Crippen molar-refractivity contribution in [3.63, 3.8) is 0 Å². The number of thiophene rings is 1. The highest BCUT2D eigenvalue weighted by atomic mass is 32.1. The van der Waals surface area contributed by atoms with Crippen molar-refractivity contribution in [3.8, 4) is 17.6 Å². The van der Waals surface area contributed by atoms with E-state index >= 15 is 0 Å². The highest BCUT2D eigenvalue weighted by molar-refractivity contribution is 7.20. The van der Waals surface area contributed by atoms with Gasteiger partial charge in [0.05, 0.1) is 47.6 Å². The summed E-state index contributed by atoms with van der Waals surface area (Å²) in [6.07, 6.45) is -5.70. The van der Waals surface area contributed by atoms with Crippen LogP contribution in [-0.4, -0.2) is 96.1 Å². The summed E-state index contributed by atoms with van der Waals surface area (Å²) in [5, 5.41) is 9.47. The van der Waals surface area contributed by atoms with Crippen LogP contribution in [-0.2, 0) is 25.5 Å². The molecule has 1 aromatic heterocycles. The normalized spacial score (nSPS) is 11.8. The van der Waals surface area contributed by atoms with Crippen LogP contribution in [0, 0.1) is 11.8 Å². The third-order valence-electron chi connectivity index (χ3n) is 6.90. The Balaban J connectivity index is 1.84. The Kier molecular flexibility index (Phi) is 14.3. The van der Waals surface area contributed by atoms with Crippen LogP contribution in [0.1, 0.15) is 33.6 Å². The predicted molar refractivity (Wildman–Crippen MR) is 180 cm³/mol. The van der Waals surface area contributed by atoms with Crippen molar-refractivity contribution in [1.29, 1.82) is 0 Å². The number of anilines is 2. The minimum atomic E-state index is -4.42. The average molecular weight is 692 g/mol. The number of halogens is 3. The van der Waals surface area contributed by atoms with E-state index in [1.807, 2.05) is 25.1 Å². The molecule has 1 unspecified atom stereocenters. The lowest BCUT2D eigenvalue weighted by Crippen LogP contribution is -2.42. The van der Waals surface area contributed by atoms with Gasteiger partial charge in [0.15, 0.2) is 0 Å². The molecule has 1 atom stereocenters. The second-order valence-corrected chi connectivity index (χ2v) is 11.9. The van der Waals surface area contributed by atoms with Crippen molar-refractivity contribution in [2.24, 2.45) is 5.73 Å². The number of esters is 1. The van der Waals surface area contributed by atoms with Gasteiger partial charge in [-0.1, -0.05) is 24.0 Å². The first-order chi connectivity index (χ1) is 22.8. The van der Waals surface area contributed by atoms with Gasteiger partial charge >= 0.3 is 12.1 Å². The van der Waals surface area contributed by atoms with E-state index in [0.29, 0.717) is 27.2 Å². The topological polar surface area (TPSA) is 144 Å². The summed E-state index contributed by atoms with van der Waals surface area (Å²) in [5.74, 6) is 4.15. The summed E-state index contributed by atoms with van der Waals surface area (Å²) in [7, 11) is 6.55. The first-order valence-corrected chi connectivity index (χ1v) is 15.8. The van der Waals surface area contributed by atoms with E-state index in [-0.39, 0.29) is 49.5 Å². The van der Waals surface area contributed by atoms with Gasteiger partial charge in [-0.2, -0.15) is 13.2 Å². The van der Waals surface area contributed by atoms with Crippen molar-refractivity contribution in [2.45, 2.75) is 31.5 Å². The van der Waals surface area contributed by atoms with Gasteiger partial charge in [0, 0.05) is 32.2 Å². The second-order valence-electron chi connectivity index (χ2n) is 10.9. The van der Waals surface area contributed by atoms with Crippen molar-refractivity contribution in [3.05, 3.63) is 52.4 Å². The summed E-state index contributed by atoms with van der Waals surface area (Å²) < 4.78 is 57.2. The zero-order valence-electron chi connectivity index (χ0n) is 27.2. The first-order valence-electron chi connectivity index (χ1n) is 15.0. The Hall–Kier alpha value is -4.52. The quantitative estimate of drug-likeness (QED) is 0.0938. The van der Waals surface area contributed by atoms with Crippen LogP contribution in [0.15, 0.2) is 36.4 Å². The van der Waals surface area contributed by atoms with Crippen molar-refractivity contribution >= 4 is 50.6 Å². The maximum Gasteiger partial charge on any atom is 0.393 e. The van der Waals surface area contributed by atoms with Gasteiger partial charge in [0.2, 0.25) is 5.91 Å². The van der Waals surface area contributed by atoms with E-state index in [4.69, 9.17) is 19.9 Å². The maximum atomic E-state index is 13.6. The van der Waals surface area contributed by atoms with E-state index in [2.05, 4.69) is 27.8 Å². The number of fused-ring (bicyclic) bond motifs is 1. The number of hydrogen-bond acceptors (Lipinski definition) is 10. The molecule has 3 aromatic rings. The van der Waals surface area contributed by atoms with Gasteiger partial charge in [-0.25, -0.2) is 4.79 Å². The largest absolute Gasteiger partial charge is 0.489 e. The smallest absolute Gasteiger partial charge is 0.393 e. The number of hydrogen-bond donors (Lipinski definition) is 4. The Morgan fingerprint density at radius 2 is 1.83 bits per heavy atom. The molecule has 11 nitrogen and oxygen atoms in total. The van der Waals surface area contributed by atoms with Crippen LogP contribution in [0.3, 0.4) is 0 Å². The number of benzene rings is 2. The fourth-order valence-corrected chi connectivity index (χ4v) is 5.73. The lowest BCUT2D eigenvalue weighted by Gasteiger charge is -2.17. The lowest BCUT2D eigenvalue weighted by atomic mass is 10.1. The molecule has 260 valence electrons. The number of nitrogens with one attached hydrogen (secondary N) is 3. The number of amides is 2. The minimum Gasteiger partial charge on any atom is -0.489 e. The molecule has 0 radical (unpaired) electrons. The molecular weight excluding hydrogens is 651 g/mol. The fraction of sp³-hybridized carbons (Fsp3) is 0.424. The minimum absolute atomic E-state index is 0.0397. The Bertz CT molecular complexity index is 1630. The highest BCUT2D eigenvalue weighted by Crippen LogP contribution is 2.39. The van der Waals surface area contributed by atoms with Crippen molar-refractivity contribution in [2.75, 3.05) is 71.8 Å². The zero-order valence-corrected chi connectivity index (χ0v) is 28.0. The van der Waals surface area contributed by atoms with E-state index in [0.717, 1.165) is 19.3 Å². The maximum absolute atomic E-state index is 13.6. The third-order valence-corrected chi connectivity index (χ3v) is 8.10. The number of primary amides is 1. The van der Waals surface area contributed by atoms with Gasteiger partial charge in [-0.3, -0.25) is 9.59 Å². The van der Waals surface area contributed by atoms with Crippen molar-refractivity contribution in [1.82, 2.24) is 10.2 Å². The Morgan fingerprint density at radius 1 is 1.06 bits per heavy atom. The molecule has 5 N–H and O–H groups in total. The molecule has 2 amide bonds. The molecule has 0 aliphatic rings. The van der Waals surface area contributed by atoms with Crippen LogP contribution in [0.2, 0.25) is 0 Å². The van der Waals surface area contributed by atoms with Gasteiger partial charge < -0.3 is 40.8 Å². The van der Waals surface area contributed by atoms with Crippen LogP contribution >= 0.6 is 11.3 Å². The van der Waals surface area contributed by atoms with Gasteiger partial charge in [-0.05, 0) is 55.7 Å². The Morgan fingerprint density at radius 3 is 2.50 bits per heavy atom. The Labute approximate surface area is 281 Å². The van der Waals surface area contributed by atoms with Crippen LogP contribution < -0.4 is 26.4 Å². The molecule has 0 spiro atoms. The number of carbonyl (C=O) groups excluding carboxylic acids is 3. The molecule has 3 rings (SSSR count). The SMILES string of the molecule is COCCOc1cc(C(=O)NC(CCC(N)=O)C(=O)OC)ccc1NCC#Cc1sc2c(NCCN(C)C)cccc2c1CC(F)(F)F. The van der Waals surface area contributed by atoms with E-state index < -0.39 is 36.4 Å². The van der Waals surface area contributed by atoms with Gasteiger partial charge in [-0.15, -0.1) is 11.3 Å². The van der Waals surface area contributed by atoms with E-state index in [1.54, 1.807) is 18.2 Å². The molecule has 0 aliphatic heterocycles. The summed E-state index contributed by atoms with van der Waals surface area (Å²) >= 11 is 1.21. The van der Waals surface area contributed by atoms with Gasteiger partial charge in [0.25, 0.3) is 5.91 Å². The summed E-state index contributed by atoms with van der Waals surface area (Å²) in [6, 6.07) is 8.70. The average Bonchev–Trinajstić information content (AvgIpc) is 3.37. The first kappa shape index (κ1) is 37.9. The summed E-state index contributed by atoms with van der Waals surface area (Å²) in [6.45, 7) is 1.84. The van der Waals surface area contributed by atoms with Crippen LogP contribution in [0.4, 0.5) is 24.5 Å². The molecule has 0 aliphatic carbocycles. The highest BCUT2D eigenvalue weighted by Gasteiger charge is 2.31. The molecule has 0 saturated carbocycles. The number of alkyl halides is 3. The zero-order chi connectivity index (χ0) is 35.3. The molecule has 48 heavy (non-hydrogen) atoms. The molecule has 1 heterocycles. The summed E-state index contributed by atoms with van der Waals surface area (Å²) in [4.78, 5) is 38.7. The molecule has 15 heteroatoms. The van der Waals surface area contributed by atoms with Crippen LogP contribution in [0.5, 0.6) is 5.75 Å². The monoisotopic (exact) mass is 691 g/mol. The van der Waals surface area contributed by atoms with Crippen LogP contribution in [0.25, 0.3) is 10.1 Å². The standard InChI is InChI=1S/C33H40F3N5O6S/c1-41(2)16-15-39-25-8-5-7-22-23(20-33(34,35)36)28(48-30(22)25)9-6-14-38-24-11-10-21(19-27(24)47-18-17-45-3)31(43)40-26(32(44)46-4)12-13-29(37)42/h5,7-8,10-11,19,26,38-39H,12-18,20H2,1-4H3,(H2,37,42)(H,40,43). The number of nitrogens with zero attached hydrogens (tertiary/aromatic N) is 1. The molecule has 0 saturated heterocycles. The molecule has 0 fully saturated rings. The fourth-order valence-electron chi connectivity index (χ4n) is 4.55. The number of rotatable bonds is 17. The number of carbonyl (C=O) groups is 3. The molecular formula is C33H40F3N5O6S. The van der Waals surface area contributed by atoms with Gasteiger partial charge in [0.1, 0.15) is 18.4 Å². The van der Waals surface area contributed by atoms with E-state index in [9.17, 15) is 27.6 Å². The molecule has 2 aromatic carbocycles. The number of ether oxygens (including phenoxy) is 3. The second kappa shape index (κ2) is 18.1. The number of likely N-dealkylation sites (N-methyl/N-ethyl adjacent to an activating group) is 1. The van der Waals surface area contributed by atoms with E-state index in [1.165, 1.54) is 30.6 Å². The third kappa shape index (κ3) is 11.6. The number of methoxy groups -OCH3 is 2. The van der Waals surface area contributed by atoms with Crippen molar-refractivity contribution < 1.29 is 41.8 Å².